The minimum absolute atomic E-state index is 0.616. The summed E-state index contributed by atoms with van der Waals surface area (Å²) in [4.78, 5) is 11.8. The van der Waals surface area contributed by atoms with Crippen molar-refractivity contribution in [2.75, 3.05) is 25.0 Å². The number of rotatable bonds is 5. The fraction of sp³-hybridized carbons (Fsp3) is 0.192. The number of nitrogens with zero attached hydrogens (tertiary/aromatic N) is 4. The van der Waals surface area contributed by atoms with Crippen molar-refractivity contribution < 1.29 is 0 Å². The van der Waals surface area contributed by atoms with Crippen molar-refractivity contribution in [3.05, 3.63) is 99.8 Å². The van der Waals surface area contributed by atoms with Gasteiger partial charge in [-0.25, -0.2) is 0 Å². The third-order valence-electron chi connectivity index (χ3n) is 5.40. The fourth-order valence-electron chi connectivity index (χ4n) is 3.67. The van der Waals surface area contributed by atoms with Crippen molar-refractivity contribution in [1.29, 1.82) is 5.26 Å². The number of nitriles is 1. The maximum absolute atomic E-state index is 9.49. The highest BCUT2D eigenvalue weighted by Gasteiger charge is 2.14. The number of aliphatic imine (C=N–C) groups is 1. The number of halogens is 1. The zero-order valence-electron chi connectivity index (χ0n) is 17.4. The van der Waals surface area contributed by atoms with Gasteiger partial charge in [-0.1, -0.05) is 41.9 Å². The van der Waals surface area contributed by atoms with Crippen LogP contribution in [0.1, 0.15) is 28.1 Å². The van der Waals surface area contributed by atoms with E-state index in [2.05, 4.69) is 36.2 Å². The van der Waals surface area contributed by atoms with Crippen LogP contribution in [0.4, 0.5) is 5.69 Å². The summed E-state index contributed by atoms with van der Waals surface area (Å²) in [6, 6.07) is 22.1. The van der Waals surface area contributed by atoms with Gasteiger partial charge in [0.25, 0.3) is 0 Å². The van der Waals surface area contributed by atoms with Crippen LogP contribution >= 0.6 is 11.6 Å². The predicted molar refractivity (Wildman–Crippen MR) is 128 cm³/mol. The van der Waals surface area contributed by atoms with Gasteiger partial charge in [0.15, 0.2) is 0 Å². The predicted octanol–water partition coefficient (Wildman–Crippen LogP) is 5.34. The van der Waals surface area contributed by atoms with Gasteiger partial charge in [0.2, 0.25) is 0 Å². The topological polar surface area (TPSA) is 52.3 Å². The molecular formula is C26H23ClN4. The summed E-state index contributed by atoms with van der Waals surface area (Å²) in [6.07, 6.45) is 5.50. The lowest BCUT2D eigenvalue weighted by molar-refractivity contribution is 0.897. The number of anilines is 1. The number of hydrogen-bond donors (Lipinski definition) is 0. The second-order valence-corrected chi connectivity index (χ2v) is 7.94. The van der Waals surface area contributed by atoms with Crippen LogP contribution in [0.15, 0.2) is 71.7 Å². The molecule has 0 unspecified atom stereocenters. The largest absolute Gasteiger partial charge is 0.372 e. The Morgan fingerprint density at radius 3 is 2.65 bits per heavy atom. The number of hydrogen-bond acceptors (Lipinski definition) is 4. The van der Waals surface area contributed by atoms with Crippen molar-refractivity contribution >= 4 is 29.1 Å². The van der Waals surface area contributed by atoms with E-state index in [9.17, 15) is 5.26 Å². The van der Waals surface area contributed by atoms with E-state index >= 15 is 0 Å². The van der Waals surface area contributed by atoms with Gasteiger partial charge >= 0.3 is 0 Å². The molecule has 4 nitrogen and oxygen atoms in total. The second kappa shape index (κ2) is 9.59. The fourth-order valence-corrected chi connectivity index (χ4v) is 3.80. The van der Waals surface area contributed by atoms with Crippen molar-refractivity contribution in [3.8, 4) is 6.07 Å². The van der Waals surface area contributed by atoms with E-state index in [4.69, 9.17) is 21.6 Å². The number of aromatic nitrogens is 1. The molecule has 1 aliphatic heterocycles. The van der Waals surface area contributed by atoms with Gasteiger partial charge in [0, 0.05) is 29.9 Å². The molecule has 0 fully saturated rings. The van der Waals surface area contributed by atoms with Crippen molar-refractivity contribution in [2.45, 2.75) is 12.8 Å². The Morgan fingerprint density at radius 2 is 1.84 bits per heavy atom. The van der Waals surface area contributed by atoms with Gasteiger partial charge in [-0.3, -0.25) is 9.98 Å². The number of pyridine rings is 1. The first kappa shape index (κ1) is 20.8. The molecule has 3 aromatic rings. The Bertz CT molecular complexity index is 1170. The third kappa shape index (κ3) is 5.02. The quantitative estimate of drug-likeness (QED) is 0.553. The third-order valence-corrected chi connectivity index (χ3v) is 5.65. The molecule has 1 aromatic heterocycles. The van der Waals surface area contributed by atoms with Crippen LogP contribution in [-0.4, -0.2) is 30.8 Å². The molecule has 4 rings (SSSR count). The van der Waals surface area contributed by atoms with Crippen LogP contribution in [-0.2, 0) is 12.8 Å². The minimum atomic E-state index is 0.616. The molecule has 0 spiro atoms. The maximum atomic E-state index is 9.49. The SMILES string of the molecule is CN1CCN=C(C=Cc2ccc(C#N)c(CCc3ccc(Cl)cc3)n2)c2ccccc21. The minimum Gasteiger partial charge on any atom is -0.372 e. The lowest BCUT2D eigenvalue weighted by Gasteiger charge is -2.18. The average Bonchev–Trinajstić information content (AvgIpc) is 2.96. The van der Waals surface area contributed by atoms with Gasteiger partial charge in [0.1, 0.15) is 6.07 Å². The standard InChI is InChI=1S/C26H23ClN4/c1-31-17-16-29-25(23-4-2-3-5-26(23)31)15-13-22-12-9-20(18-28)24(30-22)14-8-19-6-10-21(27)11-7-19/h2-7,9-13,15H,8,14,16-17H2,1H3. The Labute approximate surface area is 188 Å². The van der Waals surface area contributed by atoms with Crippen molar-refractivity contribution in [2.24, 2.45) is 4.99 Å². The number of fused-ring (bicyclic) bond motifs is 1. The van der Waals surface area contributed by atoms with E-state index in [1.54, 1.807) is 0 Å². The number of allylic oxidation sites excluding steroid dienone is 1. The summed E-state index contributed by atoms with van der Waals surface area (Å²) < 4.78 is 0. The number of likely N-dealkylation sites (N-methyl/N-ethyl adjacent to an activating group) is 1. The Kier molecular flexibility index (Phi) is 6.45. The smallest absolute Gasteiger partial charge is 0.101 e. The highest BCUT2D eigenvalue weighted by atomic mass is 35.5. The van der Waals surface area contributed by atoms with Gasteiger partial charge in [0.05, 0.1) is 29.2 Å². The molecule has 31 heavy (non-hydrogen) atoms. The maximum Gasteiger partial charge on any atom is 0.101 e. The summed E-state index contributed by atoms with van der Waals surface area (Å²) in [6.45, 7) is 1.64. The molecular weight excluding hydrogens is 404 g/mol. The molecule has 0 N–H and O–H groups in total. The Hall–Kier alpha value is -3.42. The lowest BCUT2D eigenvalue weighted by atomic mass is 10.0. The van der Waals surface area contributed by atoms with E-state index < -0.39 is 0 Å². The first-order chi connectivity index (χ1) is 15.1. The van der Waals surface area contributed by atoms with Crippen LogP contribution in [0.25, 0.3) is 6.08 Å². The molecule has 2 heterocycles. The molecule has 0 bridgehead atoms. The van der Waals surface area contributed by atoms with E-state index in [0.717, 1.165) is 47.2 Å². The molecule has 1 aliphatic rings. The number of aryl methyl sites for hydroxylation is 2. The normalized spacial score (nSPS) is 13.5. The van der Waals surface area contributed by atoms with Crippen molar-refractivity contribution in [1.82, 2.24) is 4.98 Å². The van der Waals surface area contributed by atoms with Crippen LogP contribution < -0.4 is 4.90 Å². The first-order valence-electron chi connectivity index (χ1n) is 10.3. The van der Waals surface area contributed by atoms with Crippen LogP contribution in [0.3, 0.4) is 0 Å². The molecule has 0 atom stereocenters. The summed E-state index contributed by atoms with van der Waals surface area (Å²) in [5.41, 5.74) is 6.67. The first-order valence-corrected chi connectivity index (χ1v) is 10.7. The average molecular weight is 427 g/mol. The monoisotopic (exact) mass is 426 g/mol. The van der Waals surface area contributed by atoms with E-state index in [1.165, 1.54) is 11.3 Å². The van der Waals surface area contributed by atoms with Crippen LogP contribution in [0, 0.1) is 11.3 Å². The van der Waals surface area contributed by atoms with Gasteiger partial charge < -0.3 is 4.90 Å². The van der Waals surface area contributed by atoms with Gasteiger partial charge in [-0.2, -0.15) is 5.26 Å². The van der Waals surface area contributed by atoms with Crippen LogP contribution in [0.5, 0.6) is 0 Å². The number of para-hydroxylation sites is 1. The molecule has 0 amide bonds. The highest BCUT2D eigenvalue weighted by Crippen LogP contribution is 2.23. The molecule has 0 saturated heterocycles. The summed E-state index contributed by atoms with van der Waals surface area (Å²) in [7, 11) is 2.09. The van der Waals surface area contributed by atoms with Gasteiger partial charge in [-0.15, -0.1) is 0 Å². The summed E-state index contributed by atoms with van der Waals surface area (Å²) in [5, 5.41) is 10.2. The molecule has 154 valence electrons. The number of benzodiazepines with no additional fused rings is 1. The molecule has 5 heteroatoms. The summed E-state index contributed by atoms with van der Waals surface area (Å²) in [5.74, 6) is 0. The Balaban J connectivity index is 1.56. The lowest BCUT2D eigenvalue weighted by Crippen LogP contribution is -2.20. The molecule has 0 aliphatic carbocycles. The van der Waals surface area contributed by atoms with E-state index in [0.29, 0.717) is 12.0 Å². The highest BCUT2D eigenvalue weighted by molar-refractivity contribution is 6.30. The number of benzene rings is 2. The second-order valence-electron chi connectivity index (χ2n) is 7.51. The summed E-state index contributed by atoms with van der Waals surface area (Å²) >= 11 is 5.97. The molecule has 0 saturated carbocycles. The van der Waals surface area contributed by atoms with E-state index in [-0.39, 0.29) is 0 Å². The van der Waals surface area contributed by atoms with E-state index in [1.807, 2.05) is 54.6 Å². The zero-order valence-corrected chi connectivity index (χ0v) is 18.2. The van der Waals surface area contributed by atoms with Crippen LogP contribution in [0.2, 0.25) is 5.02 Å². The molecule has 2 aromatic carbocycles. The molecule has 0 radical (unpaired) electrons. The van der Waals surface area contributed by atoms with Crippen molar-refractivity contribution in [3.63, 3.8) is 0 Å². The Morgan fingerprint density at radius 1 is 1.03 bits per heavy atom. The zero-order chi connectivity index (χ0) is 21.6. The van der Waals surface area contributed by atoms with Gasteiger partial charge in [-0.05, 0) is 60.9 Å².